The maximum atomic E-state index is 4.60. The Morgan fingerprint density at radius 2 is 2.11 bits per heavy atom. The largest absolute Gasteiger partial charge is 0.317 e. The molecule has 1 saturated heterocycles. The van der Waals surface area contributed by atoms with Crippen LogP contribution in [0, 0.1) is 0 Å². The Hall–Kier alpha value is -0.580. The molecule has 0 bridgehead atoms. The molecule has 5 heteroatoms. The van der Waals surface area contributed by atoms with Gasteiger partial charge in [-0.15, -0.1) is 12.4 Å². The number of nitrogens with zero attached hydrogens (tertiary/aromatic N) is 3. The lowest BCUT2D eigenvalue weighted by atomic mass is 10.1. The van der Waals surface area contributed by atoms with Gasteiger partial charge < -0.3 is 5.32 Å². The fourth-order valence-corrected chi connectivity index (χ4v) is 2.38. The highest BCUT2D eigenvalue weighted by Crippen LogP contribution is 2.13. The lowest BCUT2D eigenvalue weighted by Crippen LogP contribution is -2.40. The third-order valence-corrected chi connectivity index (χ3v) is 3.54. The Labute approximate surface area is 116 Å². The summed E-state index contributed by atoms with van der Waals surface area (Å²) in [5.74, 6) is 0. The van der Waals surface area contributed by atoms with Crippen molar-refractivity contribution in [2.24, 2.45) is 0 Å². The molecule has 0 aromatic carbocycles. The predicted octanol–water partition coefficient (Wildman–Crippen LogP) is 2.07. The summed E-state index contributed by atoms with van der Waals surface area (Å²) in [6, 6.07) is 3.30. The summed E-state index contributed by atoms with van der Waals surface area (Å²) >= 11 is 0. The van der Waals surface area contributed by atoms with Gasteiger partial charge in [0.05, 0.1) is 5.69 Å². The summed E-state index contributed by atoms with van der Waals surface area (Å²) in [5.41, 5.74) is 1.18. The van der Waals surface area contributed by atoms with Crippen LogP contribution < -0.4 is 5.32 Å². The van der Waals surface area contributed by atoms with E-state index in [1.807, 2.05) is 4.68 Å². The minimum atomic E-state index is 0. The zero-order chi connectivity index (χ0) is 12.3. The molecular formula is C13H25ClN4. The molecule has 0 radical (unpaired) electrons. The number of piperidine rings is 1. The second-order valence-corrected chi connectivity index (χ2v) is 5.28. The Balaban J connectivity index is 0.00000162. The van der Waals surface area contributed by atoms with Crippen molar-refractivity contribution >= 4 is 12.4 Å². The highest BCUT2D eigenvalue weighted by atomic mass is 35.5. The molecule has 0 aliphatic carbocycles. The minimum absolute atomic E-state index is 0. The van der Waals surface area contributed by atoms with Gasteiger partial charge in [0, 0.05) is 24.8 Å². The van der Waals surface area contributed by atoms with Crippen molar-refractivity contribution in [3.05, 3.63) is 18.0 Å². The van der Waals surface area contributed by atoms with Crippen LogP contribution in [0.4, 0.5) is 0 Å². The quantitative estimate of drug-likeness (QED) is 0.911. The van der Waals surface area contributed by atoms with E-state index in [1.54, 1.807) is 0 Å². The molecule has 2 rings (SSSR count). The number of halogens is 1. The van der Waals surface area contributed by atoms with E-state index in [2.05, 4.69) is 48.5 Å². The van der Waals surface area contributed by atoms with Crippen molar-refractivity contribution in [2.75, 3.05) is 20.1 Å². The van der Waals surface area contributed by atoms with E-state index in [9.17, 15) is 0 Å². The molecule has 1 aromatic rings. The first-order valence-electron chi connectivity index (χ1n) is 6.62. The van der Waals surface area contributed by atoms with Gasteiger partial charge in [0.15, 0.2) is 0 Å². The van der Waals surface area contributed by atoms with Gasteiger partial charge in [0.1, 0.15) is 0 Å². The molecule has 1 fully saturated rings. The Bertz CT molecular complexity index is 345. The van der Waals surface area contributed by atoms with E-state index in [-0.39, 0.29) is 12.4 Å². The van der Waals surface area contributed by atoms with Crippen LogP contribution in [0.3, 0.4) is 0 Å². The highest BCUT2D eigenvalue weighted by molar-refractivity contribution is 5.85. The van der Waals surface area contributed by atoms with E-state index >= 15 is 0 Å². The number of nitrogens with one attached hydrogen (secondary N) is 1. The first-order valence-corrected chi connectivity index (χ1v) is 6.62. The summed E-state index contributed by atoms with van der Waals surface area (Å²) in [6.07, 6.45) is 4.58. The third-order valence-electron chi connectivity index (χ3n) is 3.54. The molecule has 4 nitrogen and oxygen atoms in total. The Morgan fingerprint density at radius 1 is 1.44 bits per heavy atom. The molecule has 0 amide bonds. The maximum absolute atomic E-state index is 4.60. The number of aromatic nitrogens is 2. The molecule has 0 saturated carbocycles. The third kappa shape index (κ3) is 3.97. The van der Waals surface area contributed by atoms with Crippen molar-refractivity contribution in [2.45, 2.75) is 45.3 Å². The van der Waals surface area contributed by atoms with Crippen molar-refractivity contribution in [1.29, 1.82) is 0 Å². The first-order chi connectivity index (χ1) is 8.16. The zero-order valence-electron chi connectivity index (χ0n) is 11.6. The van der Waals surface area contributed by atoms with Crippen LogP contribution in [-0.4, -0.2) is 40.9 Å². The van der Waals surface area contributed by atoms with Crippen molar-refractivity contribution < 1.29 is 0 Å². The van der Waals surface area contributed by atoms with Gasteiger partial charge in [0.2, 0.25) is 0 Å². The number of hydrogen-bond donors (Lipinski definition) is 1. The molecule has 0 spiro atoms. The summed E-state index contributed by atoms with van der Waals surface area (Å²) < 4.78 is 2.03. The molecule has 18 heavy (non-hydrogen) atoms. The zero-order valence-corrected chi connectivity index (χ0v) is 12.4. The monoisotopic (exact) mass is 272 g/mol. The van der Waals surface area contributed by atoms with E-state index < -0.39 is 0 Å². The minimum Gasteiger partial charge on any atom is -0.317 e. The van der Waals surface area contributed by atoms with Crippen molar-refractivity contribution in [1.82, 2.24) is 20.0 Å². The van der Waals surface area contributed by atoms with Gasteiger partial charge in [-0.25, -0.2) is 0 Å². The van der Waals surface area contributed by atoms with Gasteiger partial charge >= 0.3 is 0 Å². The van der Waals surface area contributed by atoms with Crippen molar-refractivity contribution in [3.8, 4) is 0 Å². The number of hydrogen-bond acceptors (Lipinski definition) is 3. The molecule has 2 heterocycles. The maximum Gasteiger partial charge on any atom is 0.0764 e. The molecule has 1 aromatic heterocycles. The lowest BCUT2D eigenvalue weighted by molar-refractivity contribution is 0.189. The van der Waals surface area contributed by atoms with E-state index in [0.717, 1.165) is 19.6 Å². The molecule has 0 atom stereocenters. The van der Waals surface area contributed by atoms with Gasteiger partial charge in [-0.3, -0.25) is 9.58 Å². The summed E-state index contributed by atoms with van der Waals surface area (Å²) in [5, 5.41) is 8.01. The molecule has 1 aliphatic rings. The van der Waals surface area contributed by atoms with E-state index in [4.69, 9.17) is 0 Å². The summed E-state index contributed by atoms with van der Waals surface area (Å²) in [7, 11) is 2.21. The highest BCUT2D eigenvalue weighted by Gasteiger charge is 2.18. The lowest BCUT2D eigenvalue weighted by Gasteiger charge is -2.31. The van der Waals surface area contributed by atoms with E-state index in [1.165, 1.54) is 18.5 Å². The van der Waals surface area contributed by atoms with Crippen LogP contribution in [0.2, 0.25) is 0 Å². The molecule has 1 N–H and O–H groups in total. The SMILES string of the molecule is CC(C)n1ccc(CN(C)C2CCNCC2)n1.Cl. The van der Waals surface area contributed by atoms with Crippen LogP contribution in [0.15, 0.2) is 12.3 Å². The van der Waals surface area contributed by atoms with Crippen molar-refractivity contribution in [3.63, 3.8) is 0 Å². The normalized spacial score (nSPS) is 17.2. The van der Waals surface area contributed by atoms with Gasteiger partial charge in [-0.1, -0.05) is 0 Å². The average Bonchev–Trinajstić information content (AvgIpc) is 2.79. The van der Waals surface area contributed by atoms with Crippen LogP contribution in [0.25, 0.3) is 0 Å². The average molecular weight is 273 g/mol. The topological polar surface area (TPSA) is 33.1 Å². The molecule has 1 aliphatic heterocycles. The summed E-state index contributed by atoms with van der Waals surface area (Å²) in [4.78, 5) is 2.44. The predicted molar refractivity (Wildman–Crippen MR) is 77.2 cm³/mol. The van der Waals surface area contributed by atoms with Gasteiger partial charge in [0.25, 0.3) is 0 Å². The summed E-state index contributed by atoms with van der Waals surface area (Å²) in [6.45, 7) is 7.58. The fraction of sp³-hybridized carbons (Fsp3) is 0.769. The second-order valence-electron chi connectivity index (χ2n) is 5.28. The Kier molecular flexibility index (Phi) is 6.12. The standard InChI is InChI=1S/C13H24N4.ClH/c1-11(2)17-9-6-12(15-17)10-16(3)13-4-7-14-8-5-13;/h6,9,11,13-14H,4-5,7-8,10H2,1-3H3;1H. The number of rotatable bonds is 4. The fourth-order valence-electron chi connectivity index (χ4n) is 2.38. The smallest absolute Gasteiger partial charge is 0.0764 e. The first kappa shape index (κ1) is 15.5. The Morgan fingerprint density at radius 3 is 2.67 bits per heavy atom. The van der Waals surface area contributed by atoms with Crippen LogP contribution >= 0.6 is 12.4 Å². The molecule has 104 valence electrons. The molecule has 0 unspecified atom stereocenters. The molecular weight excluding hydrogens is 248 g/mol. The van der Waals surface area contributed by atoms with Crippen LogP contribution in [0.5, 0.6) is 0 Å². The van der Waals surface area contributed by atoms with Crippen LogP contribution in [-0.2, 0) is 6.54 Å². The van der Waals surface area contributed by atoms with Crippen LogP contribution in [0.1, 0.15) is 38.4 Å². The van der Waals surface area contributed by atoms with Gasteiger partial charge in [-0.05, 0) is 52.9 Å². The second kappa shape index (κ2) is 7.12. The van der Waals surface area contributed by atoms with E-state index in [0.29, 0.717) is 12.1 Å². The van der Waals surface area contributed by atoms with Gasteiger partial charge in [-0.2, -0.15) is 5.10 Å².